The third-order valence-electron chi connectivity index (χ3n) is 4.97. The monoisotopic (exact) mass is 409 g/mol. The normalized spacial score (nSPS) is 13.8. The molecule has 9 heteroatoms. The van der Waals surface area contributed by atoms with E-state index in [1.54, 1.807) is 35.2 Å². The van der Waals surface area contributed by atoms with Crippen LogP contribution in [0.5, 0.6) is 0 Å². The average molecular weight is 409 g/mol. The fraction of sp³-hybridized carbons (Fsp3) is 0.333. The van der Waals surface area contributed by atoms with Crippen molar-refractivity contribution in [3.05, 3.63) is 58.8 Å². The summed E-state index contributed by atoms with van der Waals surface area (Å²) < 4.78 is 0. The molecule has 3 rings (SSSR count). The molecule has 158 valence electrons. The first-order chi connectivity index (χ1) is 14.2. The van der Waals surface area contributed by atoms with Crippen LogP contribution < -0.4 is 17.0 Å². The highest BCUT2D eigenvalue weighted by Crippen LogP contribution is 2.26. The lowest BCUT2D eigenvalue weighted by molar-refractivity contribution is 0.0730. The molecular weight excluding hydrogens is 382 g/mol. The fourth-order valence-electron chi connectivity index (χ4n) is 3.21. The third-order valence-corrected chi connectivity index (χ3v) is 4.97. The van der Waals surface area contributed by atoms with Crippen LogP contribution in [0.1, 0.15) is 59.7 Å². The number of rotatable bonds is 5. The van der Waals surface area contributed by atoms with Crippen LogP contribution in [0.4, 0.5) is 5.82 Å². The van der Waals surface area contributed by atoms with E-state index in [1.807, 2.05) is 33.8 Å². The molecule has 5 N–H and O–H groups in total. The number of hydrazine groups is 1. The van der Waals surface area contributed by atoms with E-state index in [1.165, 1.54) is 5.01 Å². The first kappa shape index (κ1) is 21.3. The minimum Gasteiger partial charge on any atom is -0.332 e. The van der Waals surface area contributed by atoms with Crippen LogP contribution in [0, 0.1) is 0 Å². The van der Waals surface area contributed by atoms with E-state index in [4.69, 9.17) is 11.7 Å². The summed E-state index contributed by atoms with van der Waals surface area (Å²) in [6.07, 6.45) is 0. The number of nitrogens with two attached hydrogens (primary N) is 2. The lowest BCUT2D eigenvalue weighted by Gasteiger charge is -2.23. The maximum atomic E-state index is 12.8. The molecule has 9 nitrogen and oxygen atoms in total. The second-order valence-electron chi connectivity index (χ2n) is 7.71. The standard InChI is InChI=1S/C21H27N7O2/c1-12(2)27-11-15-9-8-14(10-16(15)21(27)30)20(29)25-18-7-5-6-17(24-18)19(26-22)28(23)13(3)4/h5-10,12-13H,11,22-23H2,1-4H3,(H,24,25,29)/b26-19-. The summed E-state index contributed by atoms with van der Waals surface area (Å²) in [4.78, 5) is 31.5. The van der Waals surface area contributed by atoms with Crippen LogP contribution in [0.2, 0.25) is 0 Å². The Bertz CT molecular complexity index is 1000. The molecule has 0 bridgehead atoms. The Morgan fingerprint density at radius 3 is 2.60 bits per heavy atom. The topological polar surface area (TPSA) is 130 Å². The third kappa shape index (κ3) is 4.11. The van der Waals surface area contributed by atoms with E-state index in [2.05, 4.69) is 15.4 Å². The quantitative estimate of drug-likeness (QED) is 0.299. The average Bonchev–Trinajstić information content (AvgIpc) is 3.05. The molecule has 1 aliphatic rings. The summed E-state index contributed by atoms with van der Waals surface area (Å²) >= 11 is 0. The zero-order valence-corrected chi connectivity index (χ0v) is 17.6. The molecule has 0 spiro atoms. The van der Waals surface area contributed by atoms with Crippen LogP contribution in [0.25, 0.3) is 0 Å². The van der Waals surface area contributed by atoms with Crippen molar-refractivity contribution >= 4 is 23.5 Å². The van der Waals surface area contributed by atoms with Crippen LogP contribution in [-0.4, -0.2) is 44.6 Å². The van der Waals surface area contributed by atoms with Crippen molar-refractivity contribution in [2.45, 2.75) is 46.3 Å². The van der Waals surface area contributed by atoms with Gasteiger partial charge in [-0.15, -0.1) is 0 Å². The SMILES string of the molecule is CC(C)N1Cc2ccc(C(=O)Nc3cccc(/C(=N/N)N(N)C(C)C)n3)cc2C1=O. The summed E-state index contributed by atoms with van der Waals surface area (Å²) in [6.45, 7) is 8.29. The zero-order chi connectivity index (χ0) is 22.0. The van der Waals surface area contributed by atoms with Crippen molar-refractivity contribution in [1.29, 1.82) is 0 Å². The Kier molecular flexibility index (Phi) is 6.02. The van der Waals surface area contributed by atoms with Gasteiger partial charge in [0.15, 0.2) is 5.84 Å². The van der Waals surface area contributed by atoms with E-state index in [0.29, 0.717) is 35.0 Å². The molecule has 2 heterocycles. The van der Waals surface area contributed by atoms with Gasteiger partial charge in [-0.05, 0) is 57.5 Å². The lowest BCUT2D eigenvalue weighted by Crippen LogP contribution is -2.44. The lowest BCUT2D eigenvalue weighted by atomic mass is 10.1. The zero-order valence-electron chi connectivity index (χ0n) is 17.6. The number of pyridine rings is 1. The number of amidine groups is 1. The number of carbonyl (C=O) groups is 2. The van der Waals surface area contributed by atoms with Crippen molar-refractivity contribution in [1.82, 2.24) is 14.9 Å². The summed E-state index contributed by atoms with van der Waals surface area (Å²) in [6, 6.07) is 10.3. The number of aromatic nitrogens is 1. The molecule has 1 aliphatic heterocycles. The molecule has 0 saturated carbocycles. The van der Waals surface area contributed by atoms with Crippen LogP contribution in [0.15, 0.2) is 41.5 Å². The smallest absolute Gasteiger partial charge is 0.256 e. The summed E-state index contributed by atoms with van der Waals surface area (Å²) in [7, 11) is 0. The number of anilines is 1. The number of fused-ring (bicyclic) bond motifs is 1. The van der Waals surface area contributed by atoms with E-state index < -0.39 is 0 Å². The molecular formula is C21H27N7O2. The fourth-order valence-corrected chi connectivity index (χ4v) is 3.21. The highest BCUT2D eigenvalue weighted by atomic mass is 16.2. The molecule has 0 atom stereocenters. The Labute approximate surface area is 175 Å². The van der Waals surface area contributed by atoms with Crippen LogP contribution in [0.3, 0.4) is 0 Å². The predicted octanol–water partition coefficient (Wildman–Crippen LogP) is 1.90. The second kappa shape index (κ2) is 8.50. The number of hydrazone groups is 1. The molecule has 0 radical (unpaired) electrons. The molecule has 30 heavy (non-hydrogen) atoms. The number of benzene rings is 1. The van der Waals surface area contributed by atoms with Gasteiger partial charge in [0.1, 0.15) is 11.5 Å². The van der Waals surface area contributed by atoms with Gasteiger partial charge in [-0.2, -0.15) is 5.10 Å². The Balaban J connectivity index is 1.81. The van der Waals surface area contributed by atoms with E-state index in [9.17, 15) is 9.59 Å². The van der Waals surface area contributed by atoms with Crippen molar-refractivity contribution in [3.63, 3.8) is 0 Å². The number of amides is 2. The van der Waals surface area contributed by atoms with Gasteiger partial charge >= 0.3 is 0 Å². The maximum Gasteiger partial charge on any atom is 0.256 e. The molecule has 1 aromatic carbocycles. The summed E-state index contributed by atoms with van der Waals surface area (Å²) in [5.74, 6) is 11.7. The first-order valence-electron chi connectivity index (χ1n) is 9.77. The van der Waals surface area contributed by atoms with Crippen molar-refractivity contribution < 1.29 is 9.59 Å². The van der Waals surface area contributed by atoms with Gasteiger partial charge in [0.25, 0.3) is 11.8 Å². The van der Waals surface area contributed by atoms with Crippen LogP contribution in [-0.2, 0) is 6.54 Å². The Morgan fingerprint density at radius 1 is 1.23 bits per heavy atom. The first-order valence-corrected chi connectivity index (χ1v) is 9.77. The predicted molar refractivity (Wildman–Crippen MR) is 116 cm³/mol. The van der Waals surface area contributed by atoms with Gasteiger partial charge in [0, 0.05) is 29.8 Å². The minimum absolute atomic E-state index is 0.0401. The molecule has 0 fully saturated rings. The van der Waals surface area contributed by atoms with Crippen molar-refractivity contribution in [2.75, 3.05) is 5.32 Å². The summed E-state index contributed by atoms with van der Waals surface area (Å²) in [5.41, 5.74) is 2.30. The van der Waals surface area contributed by atoms with Gasteiger partial charge in [-0.1, -0.05) is 12.1 Å². The minimum atomic E-state index is -0.363. The molecule has 0 aliphatic carbocycles. The number of carbonyl (C=O) groups excluding carboxylic acids is 2. The van der Waals surface area contributed by atoms with E-state index in [0.717, 1.165) is 5.56 Å². The molecule has 0 unspecified atom stereocenters. The van der Waals surface area contributed by atoms with Gasteiger partial charge < -0.3 is 16.1 Å². The van der Waals surface area contributed by atoms with Crippen LogP contribution >= 0.6 is 0 Å². The van der Waals surface area contributed by atoms with Gasteiger partial charge in [-0.25, -0.2) is 10.8 Å². The molecule has 2 aromatic rings. The number of hydrogen-bond acceptors (Lipinski definition) is 6. The maximum absolute atomic E-state index is 12.8. The number of nitrogens with zero attached hydrogens (tertiary/aromatic N) is 4. The van der Waals surface area contributed by atoms with Gasteiger partial charge in [0.05, 0.1) is 0 Å². The van der Waals surface area contributed by atoms with E-state index >= 15 is 0 Å². The largest absolute Gasteiger partial charge is 0.332 e. The van der Waals surface area contributed by atoms with Crippen molar-refractivity contribution in [3.8, 4) is 0 Å². The van der Waals surface area contributed by atoms with Gasteiger partial charge in [-0.3, -0.25) is 14.6 Å². The molecule has 2 amide bonds. The second-order valence-corrected chi connectivity index (χ2v) is 7.71. The number of nitrogens with one attached hydrogen (secondary N) is 1. The van der Waals surface area contributed by atoms with E-state index in [-0.39, 0.29) is 23.9 Å². The highest BCUT2D eigenvalue weighted by molar-refractivity contribution is 6.07. The Hall–Kier alpha value is -3.46. The van der Waals surface area contributed by atoms with Crippen molar-refractivity contribution in [2.24, 2.45) is 16.8 Å². The highest BCUT2D eigenvalue weighted by Gasteiger charge is 2.29. The Morgan fingerprint density at radius 2 is 1.97 bits per heavy atom. The molecule has 0 saturated heterocycles. The molecule has 1 aromatic heterocycles. The number of hydrogen-bond donors (Lipinski definition) is 3. The van der Waals surface area contributed by atoms with Gasteiger partial charge in [0.2, 0.25) is 0 Å². The summed E-state index contributed by atoms with van der Waals surface area (Å²) in [5, 5.41) is 7.89.